The van der Waals surface area contributed by atoms with E-state index < -0.39 is 0 Å². The van der Waals surface area contributed by atoms with Crippen molar-refractivity contribution in [2.24, 2.45) is 4.99 Å². The summed E-state index contributed by atoms with van der Waals surface area (Å²) >= 11 is 0. The first-order chi connectivity index (χ1) is 16.2. The van der Waals surface area contributed by atoms with Crippen LogP contribution < -0.4 is 15.4 Å². The number of nitrogens with one attached hydrogen (secondary N) is 2. The molecule has 0 radical (unpaired) electrons. The van der Waals surface area contributed by atoms with Gasteiger partial charge in [-0.1, -0.05) is 24.3 Å². The predicted octanol–water partition coefficient (Wildman–Crippen LogP) is 4.35. The molecule has 4 rings (SSSR count). The summed E-state index contributed by atoms with van der Waals surface area (Å²) in [6, 6.07) is 18.7. The smallest absolute Gasteiger partial charge is 0.191 e. The number of hydrogen-bond acceptors (Lipinski definition) is 4. The van der Waals surface area contributed by atoms with Gasteiger partial charge in [-0.2, -0.15) is 5.10 Å². The molecule has 1 aliphatic heterocycles. The van der Waals surface area contributed by atoms with Gasteiger partial charge in [0.1, 0.15) is 5.75 Å². The molecule has 7 nitrogen and oxygen atoms in total. The number of nitrogens with zero attached hydrogens (tertiary/aromatic N) is 4. The number of ether oxygens (including phenoxy) is 1. The van der Waals surface area contributed by atoms with Crippen molar-refractivity contribution in [2.45, 2.75) is 39.4 Å². The fraction of sp³-hybridized carbons (Fsp3) is 0.385. The Morgan fingerprint density at radius 1 is 0.971 bits per heavy atom. The van der Waals surface area contributed by atoms with Gasteiger partial charge in [0.15, 0.2) is 5.96 Å². The van der Waals surface area contributed by atoms with Gasteiger partial charge in [0.05, 0.1) is 31.6 Å². The van der Waals surface area contributed by atoms with Gasteiger partial charge in [-0.3, -0.25) is 4.90 Å². The van der Waals surface area contributed by atoms with Gasteiger partial charge >= 0.3 is 0 Å². The summed E-state index contributed by atoms with van der Waals surface area (Å²) in [5.74, 6) is 1.62. The molecule has 3 aromatic rings. The number of likely N-dealkylation sites (tertiary alicyclic amines) is 1. The van der Waals surface area contributed by atoms with Gasteiger partial charge in [0.2, 0.25) is 0 Å². The van der Waals surface area contributed by atoms with Crippen molar-refractivity contribution in [2.75, 3.05) is 26.7 Å². The SMILES string of the molecule is CCNC(=NCc1ccc(CN2CCCC2)cc1)NCc1ccn(-c2ccc(OC)cc2)n1.I. The summed E-state index contributed by atoms with van der Waals surface area (Å²) < 4.78 is 7.09. The van der Waals surface area contributed by atoms with Crippen LogP contribution in [0.15, 0.2) is 65.8 Å². The topological polar surface area (TPSA) is 66.7 Å². The molecule has 2 aromatic carbocycles. The van der Waals surface area contributed by atoms with E-state index in [4.69, 9.17) is 9.73 Å². The maximum atomic E-state index is 5.22. The number of hydrogen-bond donors (Lipinski definition) is 2. The van der Waals surface area contributed by atoms with Gasteiger partial charge < -0.3 is 15.4 Å². The molecule has 34 heavy (non-hydrogen) atoms. The van der Waals surface area contributed by atoms with Crippen molar-refractivity contribution in [1.82, 2.24) is 25.3 Å². The molecule has 0 bridgehead atoms. The Bertz CT molecular complexity index is 1030. The molecule has 1 aromatic heterocycles. The second kappa shape index (κ2) is 13.3. The van der Waals surface area contributed by atoms with Crippen molar-refractivity contribution in [3.05, 3.63) is 77.6 Å². The Kier molecular flexibility index (Phi) is 10.2. The molecule has 0 saturated carbocycles. The van der Waals surface area contributed by atoms with Crippen molar-refractivity contribution in [3.8, 4) is 11.4 Å². The van der Waals surface area contributed by atoms with Crippen LogP contribution in [0.25, 0.3) is 5.69 Å². The summed E-state index contributed by atoms with van der Waals surface area (Å²) in [6.45, 7) is 7.62. The number of aromatic nitrogens is 2. The van der Waals surface area contributed by atoms with E-state index in [1.165, 1.54) is 37.1 Å². The van der Waals surface area contributed by atoms with E-state index in [2.05, 4.69) is 51.8 Å². The summed E-state index contributed by atoms with van der Waals surface area (Å²) in [5, 5.41) is 11.4. The minimum atomic E-state index is 0. The van der Waals surface area contributed by atoms with Crippen molar-refractivity contribution in [1.29, 1.82) is 0 Å². The summed E-state index contributed by atoms with van der Waals surface area (Å²) in [6.07, 6.45) is 4.62. The molecular formula is C26H35IN6O. The maximum Gasteiger partial charge on any atom is 0.191 e. The Balaban J connectivity index is 0.00000324. The fourth-order valence-electron chi connectivity index (χ4n) is 3.97. The van der Waals surface area contributed by atoms with Crippen LogP contribution in [0.3, 0.4) is 0 Å². The number of rotatable bonds is 9. The third-order valence-electron chi connectivity index (χ3n) is 5.81. The molecule has 182 valence electrons. The predicted molar refractivity (Wildman–Crippen MR) is 148 cm³/mol. The molecule has 0 aliphatic carbocycles. The van der Waals surface area contributed by atoms with Gasteiger partial charge in [-0.25, -0.2) is 9.67 Å². The zero-order valence-electron chi connectivity index (χ0n) is 20.0. The zero-order chi connectivity index (χ0) is 22.9. The number of benzene rings is 2. The Morgan fingerprint density at radius 2 is 1.68 bits per heavy atom. The van der Waals surface area contributed by atoms with Crippen LogP contribution in [0.5, 0.6) is 5.75 Å². The highest BCUT2D eigenvalue weighted by Crippen LogP contribution is 2.15. The zero-order valence-corrected chi connectivity index (χ0v) is 22.4. The lowest BCUT2D eigenvalue weighted by Crippen LogP contribution is -2.36. The van der Waals surface area contributed by atoms with E-state index >= 15 is 0 Å². The molecule has 8 heteroatoms. The average Bonchev–Trinajstić information content (AvgIpc) is 3.54. The summed E-state index contributed by atoms with van der Waals surface area (Å²) in [5.41, 5.74) is 4.53. The van der Waals surface area contributed by atoms with Crippen molar-refractivity contribution in [3.63, 3.8) is 0 Å². The summed E-state index contributed by atoms with van der Waals surface area (Å²) in [7, 11) is 1.67. The van der Waals surface area contributed by atoms with Crippen LogP contribution >= 0.6 is 24.0 Å². The highest BCUT2D eigenvalue weighted by molar-refractivity contribution is 14.0. The van der Waals surface area contributed by atoms with Gasteiger partial charge in [-0.05, 0) is 74.3 Å². The molecule has 2 heterocycles. The van der Waals surface area contributed by atoms with E-state index in [1.807, 2.05) is 41.2 Å². The Labute approximate surface area is 219 Å². The largest absolute Gasteiger partial charge is 0.497 e. The first kappa shape index (κ1) is 26.0. The van der Waals surface area contributed by atoms with Gasteiger partial charge in [0.25, 0.3) is 0 Å². The fourth-order valence-corrected chi connectivity index (χ4v) is 3.97. The first-order valence-corrected chi connectivity index (χ1v) is 11.7. The van der Waals surface area contributed by atoms with Crippen LogP contribution in [0.2, 0.25) is 0 Å². The van der Waals surface area contributed by atoms with E-state index in [1.54, 1.807) is 7.11 Å². The van der Waals surface area contributed by atoms with Crippen molar-refractivity contribution < 1.29 is 4.74 Å². The molecule has 2 N–H and O–H groups in total. The highest BCUT2D eigenvalue weighted by Gasteiger charge is 2.11. The second-order valence-electron chi connectivity index (χ2n) is 8.30. The number of methoxy groups -OCH3 is 1. The molecule has 0 spiro atoms. The van der Waals surface area contributed by atoms with Crippen LogP contribution in [-0.2, 0) is 19.6 Å². The molecular weight excluding hydrogens is 539 g/mol. The van der Waals surface area contributed by atoms with E-state index in [0.29, 0.717) is 13.1 Å². The van der Waals surface area contributed by atoms with Gasteiger partial charge in [0, 0.05) is 19.3 Å². The molecule has 0 unspecified atom stereocenters. The first-order valence-electron chi connectivity index (χ1n) is 11.7. The lowest BCUT2D eigenvalue weighted by atomic mass is 10.1. The minimum absolute atomic E-state index is 0. The van der Waals surface area contributed by atoms with E-state index in [9.17, 15) is 0 Å². The lowest BCUT2D eigenvalue weighted by Gasteiger charge is -2.14. The maximum absolute atomic E-state index is 5.22. The highest BCUT2D eigenvalue weighted by atomic mass is 127. The monoisotopic (exact) mass is 574 g/mol. The summed E-state index contributed by atoms with van der Waals surface area (Å²) in [4.78, 5) is 7.28. The third kappa shape index (κ3) is 7.46. The molecule has 0 amide bonds. The Morgan fingerprint density at radius 3 is 2.35 bits per heavy atom. The average molecular weight is 575 g/mol. The second-order valence-corrected chi connectivity index (χ2v) is 8.30. The molecule has 1 saturated heterocycles. The molecule has 1 fully saturated rings. The normalized spacial score (nSPS) is 14.0. The van der Waals surface area contributed by atoms with Crippen LogP contribution in [0.4, 0.5) is 0 Å². The number of halogens is 1. The van der Waals surface area contributed by atoms with E-state index in [-0.39, 0.29) is 24.0 Å². The third-order valence-corrected chi connectivity index (χ3v) is 5.81. The van der Waals surface area contributed by atoms with Crippen molar-refractivity contribution >= 4 is 29.9 Å². The van der Waals surface area contributed by atoms with Crippen LogP contribution in [-0.4, -0.2) is 47.4 Å². The lowest BCUT2D eigenvalue weighted by molar-refractivity contribution is 0.331. The quantitative estimate of drug-likeness (QED) is 0.226. The molecule has 1 aliphatic rings. The molecule has 0 atom stereocenters. The Hall–Kier alpha value is -2.59. The minimum Gasteiger partial charge on any atom is -0.497 e. The number of aliphatic imine (C=N–C) groups is 1. The van der Waals surface area contributed by atoms with Crippen LogP contribution in [0, 0.1) is 0 Å². The number of guanidine groups is 1. The van der Waals surface area contributed by atoms with E-state index in [0.717, 1.165) is 36.2 Å². The standard InChI is InChI=1S/C26H34N6O.HI/c1-3-27-26(28-18-21-6-8-22(9-7-21)20-31-15-4-5-16-31)29-19-23-14-17-32(30-23)24-10-12-25(33-2)13-11-24;/h6-14,17H,3-5,15-16,18-20H2,1-2H3,(H2,27,28,29);1H. The van der Waals surface area contributed by atoms with Crippen LogP contribution in [0.1, 0.15) is 36.6 Å². The van der Waals surface area contributed by atoms with Gasteiger partial charge in [-0.15, -0.1) is 24.0 Å².